The lowest BCUT2D eigenvalue weighted by Gasteiger charge is -2.26. The fourth-order valence-electron chi connectivity index (χ4n) is 2.35. The van der Waals surface area contributed by atoms with Gasteiger partial charge in [0, 0.05) is 34.6 Å². The average molecular weight is 334 g/mol. The van der Waals surface area contributed by atoms with Crippen LogP contribution in [0.5, 0.6) is 0 Å². The van der Waals surface area contributed by atoms with Gasteiger partial charge in [-0.25, -0.2) is 0 Å². The van der Waals surface area contributed by atoms with Gasteiger partial charge in [-0.2, -0.15) is 0 Å². The van der Waals surface area contributed by atoms with Crippen LogP contribution in [0.1, 0.15) is 72.2 Å². The van der Waals surface area contributed by atoms with E-state index < -0.39 is 0 Å². The van der Waals surface area contributed by atoms with E-state index in [9.17, 15) is 4.79 Å². The van der Waals surface area contributed by atoms with Crippen LogP contribution in [0.2, 0.25) is 0 Å². The molecule has 0 fully saturated rings. The van der Waals surface area contributed by atoms with Gasteiger partial charge in [0.05, 0.1) is 0 Å². The van der Waals surface area contributed by atoms with E-state index in [1.165, 1.54) is 0 Å². The van der Waals surface area contributed by atoms with Crippen LogP contribution >= 0.6 is 0 Å². The molecule has 4 nitrogen and oxygen atoms in total. The predicted octanol–water partition coefficient (Wildman–Crippen LogP) is 4.88. The number of benzene rings is 1. The topological polar surface area (TPSA) is 53.2 Å². The smallest absolute Gasteiger partial charge is 0.251 e. The number of rotatable bonds is 6. The fourth-order valence-corrected chi connectivity index (χ4v) is 2.35. The van der Waals surface area contributed by atoms with E-state index in [4.69, 9.17) is 0 Å². The Hall–Kier alpha value is -1.71. The highest BCUT2D eigenvalue weighted by Gasteiger charge is 2.16. The third kappa shape index (κ3) is 8.23. The van der Waals surface area contributed by atoms with Crippen molar-refractivity contribution in [3.05, 3.63) is 23.8 Å². The number of nitrogens with one attached hydrogen (secondary N) is 3. The van der Waals surface area contributed by atoms with Gasteiger partial charge in [-0.05, 0) is 72.1 Å². The molecular formula is C20H35N3O. The standard InChI is InChI=1S/C20H35N3O/c1-14(2)9-10-21-18(24)15-11-16(22-19(3,4)5)13-17(12-15)23-20(6,7)8/h11-14,22-23H,9-10H2,1-8H3,(H,21,24). The van der Waals surface area contributed by atoms with Crippen molar-refractivity contribution in [2.75, 3.05) is 17.2 Å². The van der Waals surface area contributed by atoms with E-state index in [0.29, 0.717) is 18.0 Å². The zero-order valence-electron chi connectivity index (χ0n) is 16.6. The second-order valence-electron chi connectivity index (χ2n) is 8.99. The number of anilines is 2. The molecule has 24 heavy (non-hydrogen) atoms. The zero-order valence-corrected chi connectivity index (χ0v) is 16.6. The second kappa shape index (κ2) is 7.91. The molecule has 0 heterocycles. The molecule has 0 atom stereocenters. The molecule has 1 rings (SSSR count). The predicted molar refractivity (Wildman–Crippen MR) is 105 cm³/mol. The van der Waals surface area contributed by atoms with Gasteiger partial charge in [0.1, 0.15) is 0 Å². The van der Waals surface area contributed by atoms with E-state index >= 15 is 0 Å². The van der Waals surface area contributed by atoms with Gasteiger partial charge in [-0.1, -0.05) is 13.8 Å². The summed E-state index contributed by atoms with van der Waals surface area (Å²) in [5, 5.41) is 9.93. The maximum atomic E-state index is 12.5. The Kier molecular flexibility index (Phi) is 6.70. The molecule has 3 N–H and O–H groups in total. The lowest BCUT2D eigenvalue weighted by molar-refractivity contribution is 0.0952. The summed E-state index contributed by atoms with van der Waals surface area (Å²) in [4.78, 5) is 12.5. The van der Waals surface area contributed by atoms with E-state index in [0.717, 1.165) is 17.8 Å². The Morgan fingerprint density at radius 2 is 1.38 bits per heavy atom. The molecule has 0 aromatic heterocycles. The molecule has 136 valence electrons. The summed E-state index contributed by atoms with van der Waals surface area (Å²) >= 11 is 0. The Labute approximate surface area is 147 Å². The maximum Gasteiger partial charge on any atom is 0.251 e. The molecule has 0 radical (unpaired) electrons. The average Bonchev–Trinajstić information content (AvgIpc) is 2.33. The normalized spacial score (nSPS) is 12.2. The molecule has 0 saturated carbocycles. The van der Waals surface area contributed by atoms with Gasteiger partial charge in [0.2, 0.25) is 0 Å². The molecule has 1 amide bonds. The zero-order chi connectivity index (χ0) is 18.5. The van der Waals surface area contributed by atoms with Gasteiger partial charge >= 0.3 is 0 Å². The molecule has 0 unspecified atom stereocenters. The number of hydrogen-bond donors (Lipinski definition) is 3. The molecule has 0 spiro atoms. The molecule has 4 heteroatoms. The highest BCUT2D eigenvalue weighted by atomic mass is 16.1. The van der Waals surface area contributed by atoms with Crippen LogP contribution in [-0.4, -0.2) is 23.5 Å². The van der Waals surface area contributed by atoms with Crippen molar-refractivity contribution < 1.29 is 4.79 Å². The first-order valence-corrected chi connectivity index (χ1v) is 8.85. The summed E-state index contributed by atoms with van der Waals surface area (Å²) in [5.41, 5.74) is 2.45. The Morgan fingerprint density at radius 3 is 1.75 bits per heavy atom. The molecule has 0 saturated heterocycles. The summed E-state index contributed by atoms with van der Waals surface area (Å²) in [6, 6.07) is 5.90. The first-order chi connectivity index (χ1) is 10.9. The minimum atomic E-state index is -0.0637. The van der Waals surface area contributed by atoms with E-state index in [1.54, 1.807) is 0 Å². The minimum Gasteiger partial charge on any atom is -0.380 e. The molecule has 0 aliphatic heterocycles. The van der Waals surface area contributed by atoms with Gasteiger partial charge in [-0.3, -0.25) is 4.79 Å². The van der Waals surface area contributed by atoms with E-state index in [-0.39, 0.29) is 17.0 Å². The quantitative estimate of drug-likeness (QED) is 0.695. The van der Waals surface area contributed by atoms with E-state index in [2.05, 4.69) is 77.4 Å². The molecule has 1 aromatic carbocycles. The second-order valence-corrected chi connectivity index (χ2v) is 8.99. The minimum absolute atomic E-state index is 0.0230. The van der Waals surface area contributed by atoms with Crippen molar-refractivity contribution in [1.82, 2.24) is 5.32 Å². The Morgan fingerprint density at radius 1 is 0.917 bits per heavy atom. The first kappa shape index (κ1) is 20.3. The van der Waals surface area contributed by atoms with Crippen LogP contribution < -0.4 is 16.0 Å². The van der Waals surface area contributed by atoms with Crippen LogP contribution in [0.3, 0.4) is 0 Å². The number of amides is 1. The summed E-state index contributed by atoms with van der Waals surface area (Å²) in [6.07, 6.45) is 0.985. The number of hydrogen-bond acceptors (Lipinski definition) is 3. The largest absolute Gasteiger partial charge is 0.380 e. The summed E-state index contributed by atoms with van der Waals surface area (Å²) < 4.78 is 0. The van der Waals surface area contributed by atoms with Crippen molar-refractivity contribution in [1.29, 1.82) is 0 Å². The van der Waals surface area contributed by atoms with Gasteiger partial charge < -0.3 is 16.0 Å². The highest BCUT2D eigenvalue weighted by Crippen LogP contribution is 2.24. The van der Waals surface area contributed by atoms with Crippen molar-refractivity contribution in [2.24, 2.45) is 5.92 Å². The molecular weight excluding hydrogens is 298 g/mol. The monoisotopic (exact) mass is 333 g/mol. The van der Waals surface area contributed by atoms with Crippen LogP contribution in [0.25, 0.3) is 0 Å². The van der Waals surface area contributed by atoms with Crippen LogP contribution in [0.4, 0.5) is 11.4 Å². The van der Waals surface area contributed by atoms with Crippen LogP contribution in [0, 0.1) is 5.92 Å². The summed E-state index contributed by atoms with van der Waals surface area (Å²) in [5.74, 6) is 0.558. The number of carbonyl (C=O) groups excluding carboxylic acids is 1. The molecule has 0 aliphatic carbocycles. The van der Waals surface area contributed by atoms with Crippen molar-refractivity contribution in [3.63, 3.8) is 0 Å². The van der Waals surface area contributed by atoms with Gasteiger partial charge in [0.25, 0.3) is 5.91 Å². The van der Waals surface area contributed by atoms with E-state index in [1.807, 2.05) is 12.1 Å². The van der Waals surface area contributed by atoms with Gasteiger partial charge in [-0.15, -0.1) is 0 Å². The Balaban J connectivity index is 3.02. The number of carbonyl (C=O) groups is 1. The SMILES string of the molecule is CC(C)CCNC(=O)c1cc(NC(C)(C)C)cc(NC(C)(C)C)c1. The highest BCUT2D eigenvalue weighted by molar-refractivity contribution is 5.96. The van der Waals surface area contributed by atoms with Gasteiger partial charge in [0.15, 0.2) is 0 Å². The molecule has 0 bridgehead atoms. The summed E-state index contributed by atoms with van der Waals surface area (Å²) in [7, 11) is 0. The fraction of sp³-hybridized carbons (Fsp3) is 0.650. The van der Waals surface area contributed by atoms with Crippen LogP contribution in [0.15, 0.2) is 18.2 Å². The first-order valence-electron chi connectivity index (χ1n) is 8.85. The van der Waals surface area contributed by atoms with Crippen molar-refractivity contribution in [3.8, 4) is 0 Å². The molecule has 1 aromatic rings. The summed E-state index contributed by atoms with van der Waals surface area (Å²) in [6.45, 7) is 17.7. The van der Waals surface area contributed by atoms with Crippen molar-refractivity contribution >= 4 is 17.3 Å². The molecule has 0 aliphatic rings. The third-order valence-electron chi connectivity index (χ3n) is 3.24. The third-order valence-corrected chi connectivity index (χ3v) is 3.24. The maximum absolute atomic E-state index is 12.5. The lowest BCUT2D eigenvalue weighted by atomic mass is 10.0. The lowest BCUT2D eigenvalue weighted by Crippen LogP contribution is -2.29. The Bertz CT molecular complexity index is 517. The van der Waals surface area contributed by atoms with Crippen molar-refractivity contribution in [2.45, 2.75) is 72.9 Å². The van der Waals surface area contributed by atoms with Crippen LogP contribution in [-0.2, 0) is 0 Å².